The first-order chi connectivity index (χ1) is 37.8. The number of carbonyl (C=O) groups excluding carboxylic acids is 2. The van der Waals surface area contributed by atoms with Crippen LogP contribution < -0.4 is 35.1 Å². The van der Waals surface area contributed by atoms with E-state index in [2.05, 4.69) is 57.5 Å². The van der Waals surface area contributed by atoms with E-state index in [-0.39, 0.29) is 73.4 Å². The van der Waals surface area contributed by atoms with Crippen molar-refractivity contribution in [1.29, 1.82) is 0 Å². The third kappa shape index (κ3) is 11.4. The van der Waals surface area contributed by atoms with E-state index < -0.39 is 18.1 Å². The molecule has 5 fully saturated rings. The number of nitrogens with one attached hydrogen (secondary N) is 1. The zero-order valence-electron chi connectivity index (χ0n) is 44.6. The molecule has 20 nitrogen and oxygen atoms in total. The Balaban J connectivity index is 0.602. The van der Waals surface area contributed by atoms with Gasteiger partial charge >= 0.3 is 0 Å². The second kappa shape index (κ2) is 23.1. The Kier molecular flexibility index (Phi) is 15.7. The van der Waals surface area contributed by atoms with Gasteiger partial charge in [-0.05, 0) is 79.6 Å². The Morgan fingerprint density at radius 3 is 2.45 bits per heavy atom. The van der Waals surface area contributed by atoms with Gasteiger partial charge in [-0.15, -0.1) is 21.5 Å². The van der Waals surface area contributed by atoms with Gasteiger partial charge in [-0.3, -0.25) is 14.5 Å². The fourth-order valence-corrected chi connectivity index (χ4v) is 12.7. The maximum absolute atomic E-state index is 14.2. The number of rotatable bonds is 19. The van der Waals surface area contributed by atoms with E-state index in [1.807, 2.05) is 68.9 Å². The van der Waals surface area contributed by atoms with Crippen molar-refractivity contribution in [3.63, 3.8) is 0 Å². The number of likely N-dealkylation sites (tertiary alicyclic amines) is 2. The number of phenolic OH excluding ortho intramolecular Hbond substituents is 1. The van der Waals surface area contributed by atoms with Crippen molar-refractivity contribution >= 4 is 40.3 Å². The number of pyridine rings is 1. The lowest BCUT2D eigenvalue weighted by Gasteiger charge is -2.43. The molecule has 2 bridgehead atoms. The number of methoxy groups -OCH3 is 1. The summed E-state index contributed by atoms with van der Waals surface area (Å²) in [4.78, 5) is 46.6. The molecule has 8 heterocycles. The van der Waals surface area contributed by atoms with E-state index in [0.29, 0.717) is 53.5 Å². The number of aromatic nitrogens is 5. The van der Waals surface area contributed by atoms with Gasteiger partial charge in [0.2, 0.25) is 17.7 Å². The molecule has 412 valence electrons. The molecule has 21 heteroatoms. The summed E-state index contributed by atoms with van der Waals surface area (Å²) >= 11 is 1.55. The number of thiazole rings is 1. The molecule has 1 aliphatic carbocycles. The van der Waals surface area contributed by atoms with Gasteiger partial charge in [-0.1, -0.05) is 38.1 Å². The van der Waals surface area contributed by atoms with E-state index in [0.717, 1.165) is 97.8 Å². The van der Waals surface area contributed by atoms with Gasteiger partial charge in [0.1, 0.15) is 36.2 Å². The number of nitrogens with two attached hydrogens (primary N) is 1. The molecular formula is C57H69N11O9S. The predicted molar refractivity (Wildman–Crippen MR) is 294 cm³/mol. The number of para-hydroxylation sites is 1. The first-order valence-corrected chi connectivity index (χ1v) is 28.1. The average Bonchev–Trinajstić information content (AvgIpc) is 4.36. The van der Waals surface area contributed by atoms with Crippen molar-refractivity contribution in [2.45, 2.75) is 121 Å². The number of phenols is 1. The number of amides is 2. The van der Waals surface area contributed by atoms with Gasteiger partial charge in [0.15, 0.2) is 11.6 Å². The minimum atomic E-state index is -0.859. The van der Waals surface area contributed by atoms with Crippen LogP contribution in [0, 0.1) is 12.8 Å². The molecule has 11 rings (SSSR count). The van der Waals surface area contributed by atoms with Crippen LogP contribution in [-0.4, -0.2) is 153 Å². The molecule has 5 aliphatic rings. The monoisotopic (exact) mass is 1080 g/mol. The van der Waals surface area contributed by atoms with Gasteiger partial charge in [0, 0.05) is 112 Å². The quantitative estimate of drug-likeness (QED) is 0.0668. The van der Waals surface area contributed by atoms with E-state index in [1.54, 1.807) is 36.6 Å². The van der Waals surface area contributed by atoms with Crippen molar-refractivity contribution in [1.82, 2.24) is 40.4 Å². The Hall–Kier alpha value is -7.07. The molecule has 2 unspecified atom stereocenters. The molecule has 0 radical (unpaired) electrons. The number of β-amino-alcohol motifs (C(OH)–C–C–N with tert-alkyl or cyclic N) is 1. The van der Waals surface area contributed by atoms with Crippen LogP contribution >= 0.6 is 11.3 Å². The van der Waals surface area contributed by atoms with Crippen LogP contribution in [0.15, 0.2) is 83.0 Å². The standard InChI is InChI=1S/C57H69N11O9S/c1-33(2)53(57(72)67-31-40(69)23-47(67)56(71)60-28-36-10-9-35(21-49(36)73-4)54-34(3)61-32-78-54)50-27-52(64-77-50)74-20-19-65-17-14-41(15-18-65)75-42-24-43(25-42)76-51-22-37(13-16-59-51)68-38-11-12-39(68)30-66(29-38)46-26-45(62-63-55(46)58)44-7-5-6-8-48(44)70/h5-10,13,16,21-22,26-27,32-33,38-43,47,53,69-70H,11-12,14-15,17-20,23-25,28-31H2,1-4H3,(H2,58,63)(H,60,71)/t38?,39?,40-,42-,43-,47+,53-/m1/s1. The summed E-state index contributed by atoms with van der Waals surface area (Å²) < 4.78 is 30.4. The first kappa shape index (κ1) is 53.0. The Morgan fingerprint density at radius 2 is 1.71 bits per heavy atom. The predicted octanol–water partition coefficient (Wildman–Crippen LogP) is 6.60. The van der Waals surface area contributed by atoms with Gasteiger partial charge in [-0.25, -0.2) is 9.97 Å². The highest BCUT2D eigenvalue weighted by Crippen LogP contribution is 2.41. The molecule has 4 aliphatic heterocycles. The van der Waals surface area contributed by atoms with Gasteiger partial charge < -0.3 is 59.4 Å². The number of aliphatic hydroxyl groups excluding tert-OH is 1. The highest BCUT2D eigenvalue weighted by molar-refractivity contribution is 7.13. The van der Waals surface area contributed by atoms with Crippen LogP contribution in [0.5, 0.6) is 23.3 Å². The number of anilines is 3. The van der Waals surface area contributed by atoms with E-state index >= 15 is 0 Å². The summed E-state index contributed by atoms with van der Waals surface area (Å²) in [7, 11) is 1.59. The summed E-state index contributed by atoms with van der Waals surface area (Å²) in [5.41, 5.74) is 14.1. The van der Waals surface area contributed by atoms with Crippen molar-refractivity contribution < 1.29 is 43.3 Å². The smallest absolute Gasteiger partial charge is 0.254 e. The van der Waals surface area contributed by atoms with Gasteiger partial charge in [-0.2, -0.15) is 0 Å². The highest BCUT2D eigenvalue weighted by Gasteiger charge is 2.44. The molecular weight excluding hydrogens is 1010 g/mol. The van der Waals surface area contributed by atoms with Crippen molar-refractivity contribution in [3.8, 4) is 45.0 Å². The third-order valence-corrected chi connectivity index (χ3v) is 17.1. The van der Waals surface area contributed by atoms with Gasteiger partial charge in [0.05, 0.1) is 52.9 Å². The normalized spacial score (nSPS) is 22.9. The van der Waals surface area contributed by atoms with Crippen LogP contribution in [0.25, 0.3) is 21.7 Å². The van der Waals surface area contributed by atoms with E-state index in [4.69, 9.17) is 29.2 Å². The average molecular weight is 1080 g/mol. The topological polar surface area (TPSA) is 240 Å². The molecule has 1 saturated carbocycles. The molecule has 4 saturated heterocycles. The molecule has 5 N–H and O–H groups in total. The Labute approximate surface area is 457 Å². The van der Waals surface area contributed by atoms with E-state index in [1.165, 1.54) is 4.90 Å². The number of aliphatic hydroxyl groups is 1. The summed E-state index contributed by atoms with van der Waals surface area (Å²) in [6, 6.07) is 20.4. The van der Waals surface area contributed by atoms with Crippen LogP contribution in [0.4, 0.5) is 17.2 Å². The van der Waals surface area contributed by atoms with Crippen molar-refractivity contribution in [2.75, 3.05) is 68.5 Å². The second-order valence-electron chi connectivity index (χ2n) is 21.6. The SMILES string of the molecule is COc1cc(-c2scnc2C)ccc1CNC(=O)[C@@H]1C[C@@H](O)CN1C(=O)[C@@H](c1cc(OCCN2CCC(O[C@H]3C[C@H](Oc4cc(N5C6CCC5CN(c5cc(-c7ccccc7O)nnc5N)C6)ccn4)C3)CC2)no1)C(C)C. The maximum Gasteiger partial charge on any atom is 0.254 e. The second-order valence-corrected chi connectivity index (χ2v) is 22.5. The number of benzene rings is 2. The fourth-order valence-electron chi connectivity index (χ4n) is 11.9. The third-order valence-electron chi connectivity index (χ3n) is 16.1. The molecule has 4 aromatic heterocycles. The Bertz CT molecular complexity index is 3060. The number of piperazine rings is 1. The van der Waals surface area contributed by atoms with Crippen LogP contribution in [0.2, 0.25) is 0 Å². The number of aromatic hydroxyl groups is 1. The molecule has 2 aromatic carbocycles. The van der Waals surface area contributed by atoms with Crippen molar-refractivity contribution in [2.24, 2.45) is 5.92 Å². The van der Waals surface area contributed by atoms with Crippen LogP contribution in [0.3, 0.4) is 0 Å². The molecule has 0 spiro atoms. The number of nitrogen functional groups attached to an aromatic ring is 1. The molecule has 6 aromatic rings. The summed E-state index contributed by atoms with van der Waals surface area (Å²) in [5, 5.41) is 36.9. The summed E-state index contributed by atoms with van der Waals surface area (Å²) in [6.45, 7) is 10.5. The van der Waals surface area contributed by atoms with E-state index in [9.17, 15) is 19.8 Å². The molecule has 2 amide bonds. The number of hydrogen-bond acceptors (Lipinski definition) is 19. The minimum Gasteiger partial charge on any atom is -0.507 e. The zero-order valence-corrected chi connectivity index (χ0v) is 45.4. The minimum absolute atomic E-state index is 0.0339. The zero-order chi connectivity index (χ0) is 54.0. The molecule has 5 atom stereocenters. The first-order valence-electron chi connectivity index (χ1n) is 27.2. The fraction of sp³-hybridized carbons (Fsp3) is 0.491. The summed E-state index contributed by atoms with van der Waals surface area (Å²) in [6.07, 6.45) is 7.15. The number of fused-ring (bicyclic) bond motifs is 2. The van der Waals surface area contributed by atoms with Crippen LogP contribution in [-0.2, 0) is 20.9 Å². The number of ether oxygens (including phenoxy) is 4. The number of nitrogens with zero attached hydrogens (tertiary/aromatic N) is 9. The maximum atomic E-state index is 14.2. The lowest BCUT2D eigenvalue weighted by Crippen LogP contribution is -2.54. The van der Waals surface area contributed by atoms with Gasteiger partial charge in [0.25, 0.3) is 5.88 Å². The lowest BCUT2D eigenvalue weighted by atomic mass is 9.91. The molecule has 78 heavy (non-hydrogen) atoms. The summed E-state index contributed by atoms with van der Waals surface area (Å²) in [5.74, 6) is 0.852. The number of hydrogen-bond donors (Lipinski definition) is 4. The van der Waals surface area contributed by atoms with Crippen LogP contribution in [0.1, 0.15) is 81.7 Å². The Morgan fingerprint density at radius 1 is 0.910 bits per heavy atom. The lowest BCUT2D eigenvalue weighted by molar-refractivity contribution is -0.141. The number of aryl methyl sites for hydroxylation is 1. The highest BCUT2D eigenvalue weighted by atomic mass is 32.1. The van der Waals surface area contributed by atoms with Crippen molar-refractivity contribution in [3.05, 3.63) is 95.5 Å². The number of piperidine rings is 1. The number of carbonyl (C=O) groups is 2. The largest absolute Gasteiger partial charge is 0.507 e.